The summed E-state index contributed by atoms with van der Waals surface area (Å²) in [6.07, 6.45) is 4.15. The molecule has 1 fully saturated rings. The lowest BCUT2D eigenvalue weighted by atomic mass is 10.0. The molecule has 1 amide bonds. The fourth-order valence-electron chi connectivity index (χ4n) is 4.13. The largest absolute Gasteiger partial charge is 0.355 e. The van der Waals surface area contributed by atoms with Gasteiger partial charge in [-0.2, -0.15) is 0 Å². The number of rotatable bonds is 4. The number of hydrogen-bond acceptors (Lipinski definition) is 6. The second-order valence-electron chi connectivity index (χ2n) is 7.81. The van der Waals surface area contributed by atoms with Gasteiger partial charge in [-0.15, -0.1) is 5.10 Å². The van der Waals surface area contributed by atoms with Gasteiger partial charge in [0.05, 0.1) is 24.0 Å². The average molecular weight is 431 g/mol. The molecule has 0 bridgehead atoms. The Morgan fingerprint density at radius 1 is 1.03 bits per heavy atom. The number of anilines is 1. The van der Waals surface area contributed by atoms with Gasteiger partial charge in [0.15, 0.2) is 5.82 Å². The molecule has 2 aromatic heterocycles. The van der Waals surface area contributed by atoms with Crippen LogP contribution in [0.1, 0.15) is 29.2 Å². The predicted octanol–water partition coefficient (Wildman–Crippen LogP) is 3.23. The zero-order chi connectivity index (χ0) is 22.1. The van der Waals surface area contributed by atoms with Gasteiger partial charge < -0.3 is 10.2 Å². The second kappa shape index (κ2) is 8.33. The van der Waals surface area contributed by atoms with Crippen LogP contribution in [-0.4, -0.2) is 51.0 Å². The molecule has 5 rings (SSSR count). The minimum absolute atomic E-state index is 0.105. The Labute approximate surface area is 184 Å². The van der Waals surface area contributed by atoms with E-state index in [1.165, 1.54) is 12.4 Å². The summed E-state index contributed by atoms with van der Waals surface area (Å²) in [6, 6.07) is 13.9. The van der Waals surface area contributed by atoms with Crippen LogP contribution in [0.15, 0.2) is 54.9 Å². The number of benzene rings is 2. The van der Waals surface area contributed by atoms with Gasteiger partial charge in [0.1, 0.15) is 5.52 Å². The molecule has 3 heterocycles. The van der Waals surface area contributed by atoms with Crippen molar-refractivity contribution in [2.75, 3.05) is 25.0 Å². The van der Waals surface area contributed by atoms with Crippen LogP contribution < -0.4 is 10.2 Å². The molecule has 1 aliphatic heterocycles. The number of carbonyl (C=O) groups is 1. The van der Waals surface area contributed by atoms with Crippen molar-refractivity contribution < 1.29 is 9.18 Å². The van der Waals surface area contributed by atoms with Gasteiger partial charge in [-0.3, -0.25) is 4.79 Å². The third kappa shape index (κ3) is 3.77. The van der Waals surface area contributed by atoms with E-state index in [0.29, 0.717) is 11.5 Å². The molecule has 0 spiro atoms. The Kier molecular flexibility index (Phi) is 5.22. The van der Waals surface area contributed by atoms with E-state index in [9.17, 15) is 9.18 Å². The summed E-state index contributed by atoms with van der Waals surface area (Å²) in [4.78, 5) is 22.0. The highest BCUT2D eigenvalue weighted by molar-refractivity contribution is 5.94. The lowest BCUT2D eigenvalue weighted by Gasteiger charge is -2.31. The second-order valence-corrected chi connectivity index (χ2v) is 7.81. The first kappa shape index (κ1) is 20.0. The monoisotopic (exact) mass is 431 g/mol. The number of fused-ring (bicyclic) bond motifs is 1. The van der Waals surface area contributed by atoms with E-state index < -0.39 is 5.82 Å². The van der Waals surface area contributed by atoms with Gasteiger partial charge >= 0.3 is 0 Å². The zero-order valence-electron chi connectivity index (χ0n) is 17.6. The van der Waals surface area contributed by atoms with E-state index in [1.807, 2.05) is 41.1 Å². The number of halogens is 1. The highest BCUT2D eigenvalue weighted by atomic mass is 19.1. The molecule has 9 heteroatoms. The Hall–Kier alpha value is -3.88. The predicted molar refractivity (Wildman–Crippen MR) is 119 cm³/mol. The Balaban J connectivity index is 1.32. The first-order chi connectivity index (χ1) is 15.6. The van der Waals surface area contributed by atoms with Gasteiger partial charge in [0, 0.05) is 25.7 Å². The van der Waals surface area contributed by atoms with E-state index in [-0.39, 0.29) is 11.9 Å². The highest BCUT2D eigenvalue weighted by Gasteiger charge is 2.24. The molecule has 4 aromatic rings. The standard InChI is InChI=1S/C23H22FN7O/c1-25-22(32)16-4-2-15(3-5-16)17-6-7-21-20(12-17)28-29-31(21)19-8-10-30(11-9-19)23-26-13-18(24)14-27-23/h2-7,12-14,19H,8-11H2,1H3,(H,25,32). The van der Waals surface area contributed by atoms with Crippen LogP contribution in [0.4, 0.5) is 10.3 Å². The summed E-state index contributed by atoms with van der Waals surface area (Å²) in [5.74, 6) is 0.0202. The fraction of sp³-hybridized carbons (Fsp3) is 0.261. The van der Waals surface area contributed by atoms with Crippen LogP contribution >= 0.6 is 0 Å². The molecule has 1 N–H and O–H groups in total. The van der Waals surface area contributed by atoms with Gasteiger partial charge in [0.25, 0.3) is 5.91 Å². The van der Waals surface area contributed by atoms with Crippen LogP contribution in [0.3, 0.4) is 0 Å². The maximum absolute atomic E-state index is 13.1. The first-order valence-electron chi connectivity index (χ1n) is 10.5. The van der Waals surface area contributed by atoms with E-state index in [0.717, 1.165) is 48.1 Å². The molecule has 0 atom stereocenters. The lowest BCUT2D eigenvalue weighted by molar-refractivity contribution is 0.0963. The number of piperidine rings is 1. The smallest absolute Gasteiger partial charge is 0.251 e. The van der Waals surface area contributed by atoms with E-state index in [1.54, 1.807) is 7.05 Å². The van der Waals surface area contributed by atoms with Crippen molar-refractivity contribution in [1.82, 2.24) is 30.3 Å². The Morgan fingerprint density at radius 3 is 2.41 bits per heavy atom. The number of aromatic nitrogens is 5. The quantitative estimate of drug-likeness (QED) is 0.534. The normalized spacial score (nSPS) is 14.6. The molecule has 162 valence electrons. The number of nitrogens with one attached hydrogen (secondary N) is 1. The average Bonchev–Trinajstić information content (AvgIpc) is 3.27. The third-order valence-corrected chi connectivity index (χ3v) is 5.88. The molecule has 1 saturated heterocycles. The molecular formula is C23H22FN7O. The minimum Gasteiger partial charge on any atom is -0.355 e. The van der Waals surface area contributed by atoms with Crippen LogP contribution in [-0.2, 0) is 0 Å². The van der Waals surface area contributed by atoms with Crippen molar-refractivity contribution in [3.05, 3.63) is 66.2 Å². The Morgan fingerprint density at radius 2 is 1.72 bits per heavy atom. The highest BCUT2D eigenvalue weighted by Crippen LogP contribution is 2.29. The van der Waals surface area contributed by atoms with Crippen molar-refractivity contribution in [1.29, 1.82) is 0 Å². The van der Waals surface area contributed by atoms with Crippen molar-refractivity contribution in [3.8, 4) is 11.1 Å². The molecule has 1 aliphatic rings. The van der Waals surface area contributed by atoms with E-state index >= 15 is 0 Å². The SMILES string of the molecule is CNC(=O)c1ccc(-c2ccc3c(c2)nnn3C2CCN(c3ncc(F)cn3)CC2)cc1. The minimum atomic E-state index is -0.431. The van der Waals surface area contributed by atoms with Crippen molar-refractivity contribution >= 4 is 22.9 Å². The third-order valence-electron chi connectivity index (χ3n) is 5.88. The van der Waals surface area contributed by atoms with Gasteiger partial charge in [-0.05, 0) is 48.2 Å². The molecule has 0 saturated carbocycles. The summed E-state index contributed by atoms with van der Waals surface area (Å²) in [7, 11) is 1.62. The summed E-state index contributed by atoms with van der Waals surface area (Å²) in [5.41, 5.74) is 4.49. The van der Waals surface area contributed by atoms with Gasteiger partial charge in [-0.25, -0.2) is 19.0 Å². The molecule has 0 aliphatic carbocycles. The van der Waals surface area contributed by atoms with Crippen LogP contribution in [0.25, 0.3) is 22.2 Å². The molecule has 32 heavy (non-hydrogen) atoms. The van der Waals surface area contributed by atoms with Crippen molar-refractivity contribution in [2.24, 2.45) is 0 Å². The lowest BCUT2D eigenvalue weighted by Crippen LogP contribution is -2.36. The van der Waals surface area contributed by atoms with Gasteiger partial charge in [0.2, 0.25) is 5.95 Å². The van der Waals surface area contributed by atoms with Crippen molar-refractivity contribution in [3.63, 3.8) is 0 Å². The van der Waals surface area contributed by atoms with Crippen LogP contribution in [0.2, 0.25) is 0 Å². The molecule has 0 radical (unpaired) electrons. The maximum atomic E-state index is 13.1. The van der Waals surface area contributed by atoms with Crippen LogP contribution in [0.5, 0.6) is 0 Å². The topological polar surface area (TPSA) is 88.8 Å². The Bertz CT molecular complexity index is 1250. The number of nitrogens with zero attached hydrogens (tertiary/aromatic N) is 6. The number of hydrogen-bond donors (Lipinski definition) is 1. The number of amides is 1. The van der Waals surface area contributed by atoms with E-state index in [2.05, 4.69) is 36.6 Å². The number of carbonyl (C=O) groups excluding carboxylic acids is 1. The van der Waals surface area contributed by atoms with Crippen LogP contribution in [0, 0.1) is 5.82 Å². The molecule has 2 aromatic carbocycles. The zero-order valence-corrected chi connectivity index (χ0v) is 17.6. The summed E-state index contributed by atoms with van der Waals surface area (Å²) in [5, 5.41) is 11.4. The van der Waals surface area contributed by atoms with Gasteiger partial charge in [-0.1, -0.05) is 23.4 Å². The molecule has 0 unspecified atom stereocenters. The maximum Gasteiger partial charge on any atom is 0.251 e. The summed E-state index contributed by atoms with van der Waals surface area (Å²) >= 11 is 0. The first-order valence-corrected chi connectivity index (χ1v) is 10.5. The summed E-state index contributed by atoms with van der Waals surface area (Å²) < 4.78 is 15.1. The van der Waals surface area contributed by atoms with E-state index in [4.69, 9.17) is 0 Å². The molecular weight excluding hydrogens is 409 g/mol. The van der Waals surface area contributed by atoms with Crippen molar-refractivity contribution in [2.45, 2.75) is 18.9 Å². The fourth-order valence-corrected chi connectivity index (χ4v) is 4.13. The molecule has 8 nitrogen and oxygen atoms in total. The summed E-state index contributed by atoms with van der Waals surface area (Å²) in [6.45, 7) is 1.54.